The lowest BCUT2D eigenvalue weighted by Gasteiger charge is -2.15. The molecule has 0 amide bonds. The monoisotopic (exact) mass is 211 g/mol. The quantitative estimate of drug-likeness (QED) is 0.653. The number of pyridine rings is 1. The van der Waals surface area contributed by atoms with Crippen molar-refractivity contribution < 1.29 is 9.84 Å². The number of anilines is 1. The first-order valence-electron chi connectivity index (χ1n) is 4.83. The lowest BCUT2D eigenvalue weighted by molar-refractivity contribution is 0.285. The molecule has 0 bridgehead atoms. The van der Waals surface area contributed by atoms with Gasteiger partial charge in [0.05, 0.1) is 25.1 Å². The Labute approximate surface area is 89.3 Å². The molecule has 0 saturated heterocycles. The first kappa shape index (κ1) is 11.7. The molecule has 0 aliphatic rings. The molecule has 15 heavy (non-hydrogen) atoms. The zero-order valence-electron chi connectivity index (χ0n) is 9.03. The van der Waals surface area contributed by atoms with Crippen LogP contribution in [-0.2, 0) is 0 Å². The maximum atomic E-state index is 8.69. The number of nitrogen functional groups attached to an aromatic ring is 1. The fraction of sp³-hybridized carbons (Fsp3) is 0.500. The highest BCUT2D eigenvalue weighted by Crippen LogP contribution is 2.20. The Morgan fingerprint density at radius 1 is 1.60 bits per heavy atom. The van der Waals surface area contributed by atoms with Gasteiger partial charge in [0.2, 0.25) is 5.88 Å². The van der Waals surface area contributed by atoms with Crippen molar-refractivity contribution >= 4 is 5.69 Å². The summed E-state index contributed by atoms with van der Waals surface area (Å²) in [6.07, 6.45) is 0. The number of methoxy groups -OCH3 is 1. The van der Waals surface area contributed by atoms with Gasteiger partial charge in [0.1, 0.15) is 0 Å². The summed E-state index contributed by atoms with van der Waals surface area (Å²) in [4.78, 5) is 4.25. The second kappa shape index (κ2) is 5.53. The highest BCUT2D eigenvalue weighted by Gasteiger charge is 2.10. The Morgan fingerprint density at radius 3 is 2.93 bits per heavy atom. The molecule has 1 aromatic rings. The molecule has 0 aliphatic carbocycles. The van der Waals surface area contributed by atoms with Crippen LogP contribution in [-0.4, -0.2) is 30.4 Å². The molecule has 0 spiro atoms. The van der Waals surface area contributed by atoms with Crippen molar-refractivity contribution in [2.45, 2.75) is 13.0 Å². The van der Waals surface area contributed by atoms with E-state index in [0.29, 0.717) is 18.1 Å². The molecule has 1 atom stereocenters. The summed E-state index contributed by atoms with van der Waals surface area (Å²) in [6.45, 7) is 2.54. The van der Waals surface area contributed by atoms with E-state index in [2.05, 4.69) is 10.3 Å². The van der Waals surface area contributed by atoms with Gasteiger partial charge in [-0.1, -0.05) is 0 Å². The van der Waals surface area contributed by atoms with Crippen molar-refractivity contribution in [1.29, 1.82) is 0 Å². The highest BCUT2D eigenvalue weighted by atomic mass is 16.5. The molecule has 0 aliphatic heterocycles. The van der Waals surface area contributed by atoms with Gasteiger partial charge in [-0.15, -0.1) is 0 Å². The van der Waals surface area contributed by atoms with E-state index in [0.717, 1.165) is 5.69 Å². The minimum atomic E-state index is -0.00718. The summed E-state index contributed by atoms with van der Waals surface area (Å²) < 4.78 is 5.02. The van der Waals surface area contributed by atoms with Gasteiger partial charge < -0.3 is 20.9 Å². The lowest BCUT2D eigenvalue weighted by atomic mass is 10.2. The molecule has 0 fully saturated rings. The number of aliphatic hydroxyl groups is 1. The zero-order chi connectivity index (χ0) is 11.3. The second-order valence-corrected chi connectivity index (χ2v) is 3.23. The summed E-state index contributed by atoms with van der Waals surface area (Å²) in [5.74, 6) is 0.539. The molecule has 4 N–H and O–H groups in total. The Kier molecular flexibility index (Phi) is 4.33. The van der Waals surface area contributed by atoms with Crippen molar-refractivity contribution in [3.05, 3.63) is 17.8 Å². The van der Waals surface area contributed by atoms with E-state index in [1.54, 1.807) is 19.2 Å². The number of ether oxygens (including phenoxy) is 1. The van der Waals surface area contributed by atoms with Crippen LogP contribution in [0, 0.1) is 0 Å². The average molecular weight is 211 g/mol. The van der Waals surface area contributed by atoms with E-state index in [4.69, 9.17) is 15.6 Å². The minimum Gasteiger partial charge on any atom is -0.481 e. The predicted molar refractivity (Wildman–Crippen MR) is 58.7 cm³/mol. The molecule has 0 radical (unpaired) electrons. The second-order valence-electron chi connectivity index (χ2n) is 3.23. The van der Waals surface area contributed by atoms with Crippen LogP contribution in [0.2, 0.25) is 0 Å². The van der Waals surface area contributed by atoms with Gasteiger partial charge in [-0.25, -0.2) is 4.98 Å². The number of rotatable bonds is 5. The van der Waals surface area contributed by atoms with E-state index in [1.165, 1.54) is 0 Å². The summed E-state index contributed by atoms with van der Waals surface area (Å²) in [6, 6.07) is 3.47. The first-order valence-corrected chi connectivity index (χ1v) is 4.83. The largest absolute Gasteiger partial charge is 0.481 e. The molecule has 0 aromatic carbocycles. The van der Waals surface area contributed by atoms with Gasteiger partial charge >= 0.3 is 0 Å². The van der Waals surface area contributed by atoms with Gasteiger partial charge in [0.15, 0.2) is 0 Å². The van der Waals surface area contributed by atoms with Crippen molar-refractivity contribution in [2.75, 3.05) is 26.0 Å². The molecule has 1 rings (SSSR count). The molecular formula is C10H17N3O2. The van der Waals surface area contributed by atoms with Gasteiger partial charge in [-0.05, 0) is 13.0 Å². The van der Waals surface area contributed by atoms with Crippen LogP contribution >= 0.6 is 0 Å². The number of hydrogen-bond acceptors (Lipinski definition) is 5. The fourth-order valence-electron chi connectivity index (χ4n) is 1.31. The Bertz CT molecular complexity index is 318. The summed E-state index contributed by atoms with van der Waals surface area (Å²) in [5, 5.41) is 11.8. The van der Waals surface area contributed by atoms with E-state index >= 15 is 0 Å². The molecule has 1 aromatic heterocycles. The van der Waals surface area contributed by atoms with Gasteiger partial charge in [0, 0.05) is 18.7 Å². The Morgan fingerprint density at radius 2 is 2.33 bits per heavy atom. The molecule has 5 heteroatoms. The number of aliphatic hydroxyl groups excluding tert-OH is 1. The minimum absolute atomic E-state index is 0.00718. The maximum Gasteiger partial charge on any atom is 0.213 e. The number of hydrogen-bond donors (Lipinski definition) is 3. The number of aromatic nitrogens is 1. The maximum absolute atomic E-state index is 8.69. The normalized spacial score (nSPS) is 12.5. The molecule has 1 unspecified atom stereocenters. The van der Waals surface area contributed by atoms with E-state index in [1.807, 2.05) is 6.92 Å². The van der Waals surface area contributed by atoms with Crippen LogP contribution in [0.3, 0.4) is 0 Å². The molecule has 84 valence electrons. The van der Waals surface area contributed by atoms with Crippen LogP contribution < -0.4 is 15.8 Å². The highest BCUT2D eigenvalue weighted by molar-refractivity contribution is 5.45. The summed E-state index contributed by atoms with van der Waals surface area (Å²) in [7, 11) is 1.56. The number of nitrogens with two attached hydrogens (primary N) is 1. The smallest absolute Gasteiger partial charge is 0.213 e. The fourth-order valence-corrected chi connectivity index (χ4v) is 1.31. The Balaban J connectivity index is 2.81. The van der Waals surface area contributed by atoms with Crippen molar-refractivity contribution in [2.24, 2.45) is 0 Å². The molecule has 1 heterocycles. The third kappa shape index (κ3) is 3.07. The van der Waals surface area contributed by atoms with E-state index in [-0.39, 0.29) is 12.6 Å². The van der Waals surface area contributed by atoms with E-state index < -0.39 is 0 Å². The summed E-state index contributed by atoms with van der Waals surface area (Å²) in [5.41, 5.74) is 7.15. The Hall–Kier alpha value is -1.33. The third-order valence-electron chi connectivity index (χ3n) is 2.11. The topological polar surface area (TPSA) is 80.4 Å². The standard InChI is InChI=1S/C10H17N3O2/c1-7(12-5-6-14)10-8(11)3-4-9(13-10)15-2/h3-4,7,12,14H,5-6,11H2,1-2H3. The number of nitrogens with zero attached hydrogens (tertiary/aromatic N) is 1. The van der Waals surface area contributed by atoms with Crippen molar-refractivity contribution in [1.82, 2.24) is 10.3 Å². The average Bonchev–Trinajstić information content (AvgIpc) is 2.26. The van der Waals surface area contributed by atoms with Crippen LogP contribution in [0.5, 0.6) is 5.88 Å². The van der Waals surface area contributed by atoms with Gasteiger partial charge in [-0.3, -0.25) is 0 Å². The van der Waals surface area contributed by atoms with Crippen molar-refractivity contribution in [3.63, 3.8) is 0 Å². The molecule has 5 nitrogen and oxygen atoms in total. The molecular weight excluding hydrogens is 194 g/mol. The number of nitrogens with one attached hydrogen (secondary N) is 1. The lowest BCUT2D eigenvalue weighted by Crippen LogP contribution is -2.23. The summed E-state index contributed by atoms with van der Waals surface area (Å²) >= 11 is 0. The van der Waals surface area contributed by atoms with Crippen LogP contribution in [0.15, 0.2) is 12.1 Å². The van der Waals surface area contributed by atoms with Crippen LogP contribution in [0.1, 0.15) is 18.7 Å². The van der Waals surface area contributed by atoms with Gasteiger partial charge in [-0.2, -0.15) is 0 Å². The first-order chi connectivity index (χ1) is 7.19. The van der Waals surface area contributed by atoms with E-state index in [9.17, 15) is 0 Å². The predicted octanol–water partition coefficient (Wildman–Crippen LogP) is 0.315. The van der Waals surface area contributed by atoms with Crippen LogP contribution in [0.25, 0.3) is 0 Å². The SMILES string of the molecule is COc1ccc(N)c(C(C)NCCO)n1. The third-order valence-corrected chi connectivity index (χ3v) is 2.11. The van der Waals surface area contributed by atoms with Gasteiger partial charge in [0.25, 0.3) is 0 Å². The molecule has 0 saturated carbocycles. The zero-order valence-corrected chi connectivity index (χ0v) is 9.03. The van der Waals surface area contributed by atoms with Crippen LogP contribution in [0.4, 0.5) is 5.69 Å². The van der Waals surface area contributed by atoms with Crippen molar-refractivity contribution in [3.8, 4) is 5.88 Å².